The molecule has 1 fully saturated rings. The summed E-state index contributed by atoms with van der Waals surface area (Å²) >= 11 is 0. The van der Waals surface area contributed by atoms with E-state index in [0.717, 1.165) is 42.4 Å². The van der Waals surface area contributed by atoms with Crippen LogP contribution in [0.4, 0.5) is 5.69 Å². The van der Waals surface area contributed by atoms with Crippen molar-refractivity contribution in [2.75, 3.05) is 18.8 Å². The Labute approximate surface area is 142 Å². The van der Waals surface area contributed by atoms with Crippen LogP contribution in [0.5, 0.6) is 0 Å². The van der Waals surface area contributed by atoms with Gasteiger partial charge in [0, 0.05) is 24.6 Å². The van der Waals surface area contributed by atoms with Gasteiger partial charge in [-0.15, -0.1) is 0 Å². The lowest BCUT2D eigenvalue weighted by atomic mass is 10.2. The van der Waals surface area contributed by atoms with Crippen LogP contribution in [0.3, 0.4) is 0 Å². The Kier molecular flexibility index (Phi) is 4.17. The Morgan fingerprint density at radius 1 is 1.00 bits per heavy atom. The van der Waals surface area contributed by atoms with Crippen LogP contribution < -0.4 is 5.73 Å². The largest absolute Gasteiger partial charge is 0.398 e. The van der Waals surface area contributed by atoms with Gasteiger partial charge in [-0.2, -0.15) is 0 Å². The van der Waals surface area contributed by atoms with Crippen LogP contribution >= 0.6 is 0 Å². The Morgan fingerprint density at radius 2 is 1.83 bits per heavy atom. The molecule has 0 saturated carbocycles. The van der Waals surface area contributed by atoms with Crippen molar-refractivity contribution in [3.63, 3.8) is 0 Å². The summed E-state index contributed by atoms with van der Waals surface area (Å²) in [5.41, 5.74) is 10.8. The highest BCUT2D eigenvalue weighted by molar-refractivity contribution is 5.64. The Bertz CT molecular complexity index is 816. The number of anilines is 1. The van der Waals surface area contributed by atoms with Gasteiger partial charge < -0.3 is 5.73 Å². The van der Waals surface area contributed by atoms with Crippen LogP contribution in [0.2, 0.25) is 0 Å². The van der Waals surface area contributed by atoms with Crippen molar-refractivity contribution in [3.05, 3.63) is 48.4 Å². The molecule has 3 aromatic heterocycles. The molecule has 0 spiro atoms. The van der Waals surface area contributed by atoms with Gasteiger partial charge in [-0.05, 0) is 50.2 Å². The molecule has 4 rings (SSSR count). The van der Waals surface area contributed by atoms with E-state index in [1.54, 1.807) is 0 Å². The third kappa shape index (κ3) is 2.99. The van der Waals surface area contributed by atoms with Gasteiger partial charge in [0.2, 0.25) is 0 Å². The fraction of sp³-hybridized carbons (Fsp3) is 0.368. The summed E-state index contributed by atoms with van der Waals surface area (Å²) in [6.45, 7) is 3.19. The van der Waals surface area contributed by atoms with Crippen LogP contribution in [0.25, 0.3) is 17.0 Å². The lowest BCUT2D eigenvalue weighted by Crippen LogP contribution is -2.25. The highest BCUT2D eigenvalue weighted by atomic mass is 15.2. The standard InChI is InChI=1S/C19H23N5/c20-15-8-9-18-22-19(16-7-3-4-10-21-16)17(24(18)13-15)14-23-11-5-1-2-6-12-23/h3-4,7-10,13H,1-2,5-6,11-12,14,20H2. The average molecular weight is 321 g/mol. The van der Waals surface area contributed by atoms with Crippen molar-refractivity contribution >= 4 is 11.3 Å². The second-order valence-corrected chi connectivity index (χ2v) is 6.50. The van der Waals surface area contributed by atoms with Crippen molar-refractivity contribution < 1.29 is 0 Å². The van der Waals surface area contributed by atoms with E-state index >= 15 is 0 Å². The molecule has 1 saturated heterocycles. The van der Waals surface area contributed by atoms with Gasteiger partial charge in [0.1, 0.15) is 11.3 Å². The van der Waals surface area contributed by atoms with Gasteiger partial charge in [0.25, 0.3) is 0 Å². The number of fused-ring (bicyclic) bond motifs is 1. The molecule has 24 heavy (non-hydrogen) atoms. The SMILES string of the molecule is Nc1ccc2nc(-c3ccccn3)c(CN3CCCCCC3)n2c1. The number of nitrogens with two attached hydrogens (primary N) is 1. The maximum absolute atomic E-state index is 6.02. The van der Waals surface area contributed by atoms with E-state index < -0.39 is 0 Å². The summed E-state index contributed by atoms with van der Waals surface area (Å²) in [6.07, 6.45) is 9.02. The number of likely N-dealkylation sites (tertiary alicyclic amines) is 1. The number of hydrogen-bond donors (Lipinski definition) is 1. The number of imidazole rings is 1. The first-order chi connectivity index (χ1) is 11.8. The topological polar surface area (TPSA) is 59.5 Å². The molecule has 0 aliphatic carbocycles. The summed E-state index contributed by atoms with van der Waals surface area (Å²) in [7, 11) is 0. The highest BCUT2D eigenvalue weighted by Gasteiger charge is 2.18. The van der Waals surface area contributed by atoms with Crippen LogP contribution in [-0.4, -0.2) is 32.4 Å². The number of aromatic nitrogens is 3. The van der Waals surface area contributed by atoms with Crippen molar-refractivity contribution in [2.24, 2.45) is 0 Å². The first-order valence-electron chi connectivity index (χ1n) is 8.71. The zero-order chi connectivity index (χ0) is 16.4. The van der Waals surface area contributed by atoms with E-state index in [0.29, 0.717) is 0 Å². The summed E-state index contributed by atoms with van der Waals surface area (Å²) in [5, 5.41) is 0. The summed E-state index contributed by atoms with van der Waals surface area (Å²) in [4.78, 5) is 11.9. The third-order valence-electron chi connectivity index (χ3n) is 4.72. The monoisotopic (exact) mass is 321 g/mol. The van der Waals surface area contributed by atoms with E-state index in [1.807, 2.05) is 42.7 Å². The van der Waals surface area contributed by atoms with Crippen molar-refractivity contribution in [2.45, 2.75) is 32.2 Å². The quantitative estimate of drug-likeness (QED) is 0.803. The van der Waals surface area contributed by atoms with Gasteiger partial charge in [0.05, 0.1) is 11.4 Å². The minimum absolute atomic E-state index is 0.754. The predicted octanol–water partition coefficient (Wildman–Crippen LogP) is 3.35. The molecule has 2 N–H and O–H groups in total. The van der Waals surface area contributed by atoms with E-state index in [1.165, 1.54) is 31.4 Å². The van der Waals surface area contributed by atoms with Gasteiger partial charge >= 0.3 is 0 Å². The van der Waals surface area contributed by atoms with Gasteiger partial charge in [0.15, 0.2) is 0 Å². The molecule has 5 nitrogen and oxygen atoms in total. The summed E-state index contributed by atoms with van der Waals surface area (Å²) in [6, 6.07) is 9.85. The Morgan fingerprint density at radius 3 is 2.58 bits per heavy atom. The number of nitrogen functional groups attached to an aromatic ring is 1. The van der Waals surface area contributed by atoms with Crippen molar-refractivity contribution in [1.82, 2.24) is 19.3 Å². The number of rotatable bonds is 3. The fourth-order valence-electron chi connectivity index (χ4n) is 3.47. The number of hydrogen-bond acceptors (Lipinski definition) is 4. The van der Waals surface area contributed by atoms with Crippen LogP contribution in [0.15, 0.2) is 42.7 Å². The molecule has 124 valence electrons. The molecule has 0 radical (unpaired) electrons. The zero-order valence-corrected chi connectivity index (χ0v) is 13.9. The minimum atomic E-state index is 0.754. The van der Waals surface area contributed by atoms with E-state index in [-0.39, 0.29) is 0 Å². The smallest absolute Gasteiger partial charge is 0.137 e. The fourth-order valence-corrected chi connectivity index (χ4v) is 3.47. The van der Waals surface area contributed by atoms with Crippen LogP contribution in [-0.2, 0) is 6.54 Å². The van der Waals surface area contributed by atoms with Crippen molar-refractivity contribution in [1.29, 1.82) is 0 Å². The van der Waals surface area contributed by atoms with Gasteiger partial charge in [-0.1, -0.05) is 18.9 Å². The van der Waals surface area contributed by atoms with Gasteiger partial charge in [-0.25, -0.2) is 4.98 Å². The molecule has 4 heterocycles. The van der Waals surface area contributed by atoms with Gasteiger partial charge in [-0.3, -0.25) is 14.3 Å². The van der Waals surface area contributed by atoms with Crippen molar-refractivity contribution in [3.8, 4) is 11.4 Å². The first-order valence-corrected chi connectivity index (χ1v) is 8.71. The maximum Gasteiger partial charge on any atom is 0.137 e. The molecule has 1 aliphatic rings. The molecule has 3 aromatic rings. The highest BCUT2D eigenvalue weighted by Crippen LogP contribution is 2.25. The minimum Gasteiger partial charge on any atom is -0.398 e. The number of pyridine rings is 2. The van der Waals surface area contributed by atoms with E-state index in [9.17, 15) is 0 Å². The lowest BCUT2D eigenvalue weighted by molar-refractivity contribution is 0.273. The van der Waals surface area contributed by atoms with Crippen LogP contribution in [0, 0.1) is 0 Å². The third-order valence-corrected chi connectivity index (χ3v) is 4.72. The van der Waals surface area contributed by atoms with E-state index in [2.05, 4.69) is 14.3 Å². The average Bonchev–Trinajstić information content (AvgIpc) is 2.78. The van der Waals surface area contributed by atoms with E-state index in [4.69, 9.17) is 10.7 Å². The first kappa shape index (κ1) is 15.1. The lowest BCUT2D eigenvalue weighted by Gasteiger charge is -2.20. The molecule has 0 bridgehead atoms. The summed E-state index contributed by atoms with van der Waals surface area (Å²) in [5.74, 6) is 0. The summed E-state index contributed by atoms with van der Waals surface area (Å²) < 4.78 is 2.13. The number of nitrogens with zero attached hydrogens (tertiary/aromatic N) is 4. The van der Waals surface area contributed by atoms with Crippen LogP contribution in [0.1, 0.15) is 31.4 Å². The zero-order valence-electron chi connectivity index (χ0n) is 13.9. The second-order valence-electron chi connectivity index (χ2n) is 6.50. The molecule has 5 heteroatoms. The molecule has 0 unspecified atom stereocenters. The molecule has 0 atom stereocenters. The molecule has 1 aliphatic heterocycles. The molecular weight excluding hydrogens is 298 g/mol. The Hall–Kier alpha value is -2.40. The normalized spacial score (nSPS) is 16.3. The maximum atomic E-state index is 6.02. The second kappa shape index (κ2) is 6.61. The Balaban J connectivity index is 1.79. The molecular formula is C19H23N5. The predicted molar refractivity (Wildman–Crippen MR) is 96.6 cm³/mol. The molecule has 0 aromatic carbocycles. The molecule has 0 amide bonds.